The van der Waals surface area contributed by atoms with Crippen LogP contribution < -0.4 is 10.6 Å². The number of anilines is 1. The summed E-state index contributed by atoms with van der Waals surface area (Å²) in [7, 11) is 1.68. The molecule has 0 bridgehead atoms. The van der Waals surface area contributed by atoms with Crippen LogP contribution in [-0.2, 0) is 4.79 Å². The Morgan fingerprint density at radius 1 is 1.16 bits per heavy atom. The second kappa shape index (κ2) is 13.7. The number of pyridine rings is 1. The SMILES string of the molecule is C=Cc1ccccc1-c1nc2c(cc1Cl)c(N1CCN(C(=O)C(=C)F)C[C@@H]1C)nc(=O)n2C(/C(=N\C)C(C)C)=C(/N=C)C(C)C. The summed E-state index contributed by atoms with van der Waals surface area (Å²) in [6.45, 7) is 21.4. The summed E-state index contributed by atoms with van der Waals surface area (Å²) < 4.78 is 15.1. The first-order chi connectivity index (χ1) is 21.4. The first-order valence-corrected chi connectivity index (χ1v) is 15.2. The van der Waals surface area contributed by atoms with Crippen LogP contribution in [0.1, 0.15) is 40.2 Å². The second-order valence-corrected chi connectivity index (χ2v) is 12.0. The van der Waals surface area contributed by atoms with Gasteiger partial charge in [-0.15, -0.1) is 0 Å². The van der Waals surface area contributed by atoms with Gasteiger partial charge >= 0.3 is 5.69 Å². The molecule has 236 valence electrons. The Kier molecular flexibility index (Phi) is 10.2. The maximum Gasteiger partial charge on any atom is 0.355 e. The highest BCUT2D eigenvalue weighted by atomic mass is 35.5. The van der Waals surface area contributed by atoms with E-state index in [9.17, 15) is 14.0 Å². The standard InChI is InChI=1S/C34H39ClFN7O2/c1-10-23-13-11-12-14-24(23)29-26(35)17-25-31(42-16-15-41(18-21(42)6)33(44)22(7)36)40-34(45)43(32(25)39-29)30(27(37-8)19(2)3)28(38-9)20(4)5/h10-14,17,19-21H,1,7-8,15-16,18H2,2-6,9H3/b30-27+,38-28-/t21-/m0/s1. The molecule has 2 aromatic heterocycles. The predicted octanol–water partition coefficient (Wildman–Crippen LogP) is 6.53. The highest BCUT2D eigenvalue weighted by molar-refractivity contribution is 6.34. The average molecular weight is 632 g/mol. The molecular weight excluding hydrogens is 593 g/mol. The van der Waals surface area contributed by atoms with E-state index in [4.69, 9.17) is 16.6 Å². The summed E-state index contributed by atoms with van der Waals surface area (Å²) in [5, 5.41) is 0.870. The van der Waals surface area contributed by atoms with Crippen molar-refractivity contribution in [3.8, 4) is 11.3 Å². The number of rotatable bonds is 9. The monoisotopic (exact) mass is 631 g/mol. The molecular formula is C34H39ClFN7O2. The number of fused-ring (bicyclic) bond motifs is 1. The summed E-state index contributed by atoms with van der Waals surface area (Å²) >= 11 is 6.97. The van der Waals surface area contributed by atoms with Gasteiger partial charge in [-0.05, 0) is 37.1 Å². The average Bonchev–Trinajstić information content (AvgIpc) is 3.00. The van der Waals surface area contributed by atoms with Gasteiger partial charge in [-0.1, -0.05) is 82.8 Å². The fourth-order valence-corrected chi connectivity index (χ4v) is 6.02. The number of aromatic nitrogens is 3. The lowest BCUT2D eigenvalue weighted by Crippen LogP contribution is -2.54. The van der Waals surface area contributed by atoms with Crippen LogP contribution in [0.3, 0.4) is 0 Å². The smallest absolute Gasteiger partial charge is 0.350 e. The van der Waals surface area contributed by atoms with Crippen molar-refractivity contribution < 1.29 is 9.18 Å². The van der Waals surface area contributed by atoms with Crippen LogP contribution in [-0.4, -0.2) is 70.5 Å². The molecule has 9 nitrogen and oxygen atoms in total. The van der Waals surface area contributed by atoms with E-state index in [0.29, 0.717) is 51.2 Å². The van der Waals surface area contributed by atoms with Crippen molar-refractivity contribution >= 4 is 58.6 Å². The molecule has 1 aromatic carbocycles. The van der Waals surface area contributed by atoms with Gasteiger partial charge in [0.2, 0.25) is 0 Å². The number of piperazine rings is 1. The lowest BCUT2D eigenvalue weighted by Gasteiger charge is -2.40. The number of hydrogen-bond acceptors (Lipinski definition) is 7. The van der Waals surface area contributed by atoms with Crippen molar-refractivity contribution in [3.05, 3.63) is 76.1 Å². The molecule has 1 amide bonds. The van der Waals surface area contributed by atoms with Crippen LogP contribution in [0.4, 0.5) is 10.2 Å². The molecule has 0 spiro atoms. The van der Waals surface area contributed by atoms with Crippen LogP contribution in [0.5, 0.6) is 0 Å². The van der Waals surface area contributed by atoms with Crippen molar-refractivity contribution in [3.63, 3.8) is 0 Å². The molecule has 0 radical (unpaired) electrons. The largest absolute Gasteiger partial charge is 0.355 e. The molecule has 45 heavy (non-hydrogen) atoms. The zero-order valence-corrected chi connectivity index (χ0v) is 27.4. The van der Waals surface area contributed by atoms with Crippen LogP contribution >= 0.6 is 11.6 Å². The van der Waals surface area contributed by atoms with Gasteiger partial charge in [0.1, 0.15) is 5.82 Å². The molecule has 0 saturated carbocycles. The number of nitrogens with zero attached hydrogens (tertiary/aromatic N) is 7. The molecule has 1 fully saturated rings. The van der Waals surface area contributed by atoms with Crippen LogP contribution in [0.15, 0.2) is 69.8 Å². The summed E-state index contributed by atoms with van der Waals surface area (Å²) in [4.78, 5) is 48.6. The summed E-state index contributed by atoms with van der Waals surface area (Å²) in [6, 6.07) is 9.04. The molecule has 1 aliphatic rings. The van der Waals surface area contributed by atoms with E-state index in [2.05, 4.69) is 34.8 Å². The third-order valence-electron chi connectivity index (χ3n) is 7.87. The summed E-state index contributed by atoms with van der Waals surface area (Å²) in [5.41, 5.74) is 3.43. The Balaban J connectivity index is 2.12. The maximum atomic E-state index is 14.3. The van der Waals surface area contributed by atoms with E-state index in [-0.39, 0.29) is 31.0 Å². The van der Waals surface area contributed by atoms with Crippen molar-refractivity contribution in [2.45, 2.75) is 40.7 Å². The number of allylic oxidation sites excluding steroid dienone is 2. The Morgan fingerprint density at radius 2 is 1.84 bits per heavy atom. The van der Waals surface area contributed by atoms with Crippen molar-refractivity contribution in [1.82, 2.24) is 19.4 Å². The summed E-state index contributed by atoms with van der Waals surface area (Å²) in [6.07, 6.45) is 1.72. The third kappa shape index (κ3) is 6.38. The van der Waals surface area contributed by atoms with Gasteiger partial charge in [-0.3, -0.25) is 14.8 Å². The number of amides is 1. The zero-order valence-electron chi connectivity index (χ0n) is 26.6. The van der Waals surface area contributed by atoms with Gasteiger partial charge in [0, 0.05) is 38.3 Å². The number of carbonyl (C=O) groups is 1. The van der Waals surface area contributed by atoms with Crippen LogP contribution in [0, 0.1) is 11.8 Å². The lowest BCUT2D eigenvalue weighted by molar-refractivity contribution is -0.129. The minimum absolute atomic E-state index is 0.0775. The fourth-order valence-electron chi connectivity index (χ4n) is 5.76. The molecule has 3 aromatic rings. The van der Waals surface area contributed by atoms with Crippen molar-refractivity contribution in [2.75, 3.05) is 31.6 Å². The zero-order chi connectivity index (χ0) is 33.2. The Labute approximate surface area is 268 Å². The Bertz CT molecular complexity index is 1810. The minimum atomic E-state index is -1.01. The van der Waals surface area contributed by atoms with E-state index >= 15 is 0 Å². The van der Waals surface area contributed by atoms with Gasteiger partial charge in [0.15, 0.2) is 11.5 Å². The Hall–Kier alpha value is -4.44. The van der Waals surface area contributed by atoms with Crippen LogP contribution in [0.25, 0.3) is 34.1 Å². The highest BCUT2D eigenvalue weighted by Crippen LogP contribution is 2.37. The molecule has 1 aliphatic heterocycles. The first-order valence-electron chi connectivity index (χ1n) is 14.8. The third-order valence-corrected chi connectivity index (χ3v) is 8.16. The van der Waals surface area contributed by atoms with E-state index < -0.39 is 17.4 Å². The van der Waals surface area contributed by atoms with Gasteiger partial charge in [-0.25, -0.2) is 18.7 Å². The van der Waals surface area contributed by atoms with E-state index in [1.54, 1.807) is 19.2 Å². The van der Waals surface area contributed by atoms with Gasteiger partial charge < -0.3 is 9.80 Å². The quantitative estimate of drug-likeness (QED) is 0.198. The van der Waals surface area contributed by atoms with E-state index in [1.165, 1.54) is 9.47 Å². The molecule has 0 N–H and O–H groups in total. The topological polar surface area (TPSA) is 96.1 Å². The molecule has 1 atom stereocenters. The van der Waals surface area contributed by atoms with E-state index in [1.807, 2.05) is 63.8 Å². The number of aliphatic imine (C=N–C) groups is 2. The van der Waals surface area contributed by atoms with Gasteiger partial charge in [0.05, 0.1) is 33.2 Å². The molecule has 0 unspecified atom stereocenters. The molecule has 1 saturated heterocycles. The van der Waals surface area contributed by atoms with E-state index in [0.717, 1.165) is 11.1 Å². The second-order valence-electron chi connectivity index (χ2n) is 11.5. The molecule has 0 aliphatic carbocycles. The minimum Gasteiger partial charge on any atom is -0.350 e. The lowest BCUT2D eigenvalue weighted by atomic mass is 9.98. The highest BCUT2D eigenvalue weighted by Gasteiger charge is 2.32. The number of benzene rings is 1. The van der Waals surface area contributed by atoms with Gasteiger partial charge in [0.25, 0.3) is 5.91 Å². The summed E-state index contributed by atoms with van der Waals surface area (Å²) in [5.74, 6) is -1.60. The fraction of sp³-hybridized carbons (Fsp3) is 0.353. The number of hydrogen-bond donors (Lipinski definition) is 0. The van der Waals surface area contributed by atoms with Crippen molar-refractivity contribution in [1.29, 1.82) is 0 Å². The van der Waals surface area contributed by atoms with Crippen molar-refractivity contribution in [2.24, 2.45) is 21.8 Å². The first kappa shape index (κ1) is 33.5. The molecule has 3 heterocycles. The normalized spacial score (nSPS) is 16.3. The number of halogens is 2. The number of carbonyl (C=O) groups excluding carboxylic acids is 1. The molecule has 11 heteroatoms. The van der Waals surface area contributed by atoms with Gasteiger partial charge in [-0.2, -0.15) is 4.98 Å². The molecule has 4 rings (SSSR count). The maximum absolute atomic E-state index is 14.3. The van der Waals surface area contributed by atoms with Crippen LogP contribution in [0.2, 0.25) is 5.02 Å². The predicted molar refractivity (Wildman–Crippen MR) is 184 cm³/mol. The Morgan fingerprint density at radius 3 is 2.40 bits per heavy atom.